The van der Waals surface area contributed by atoms with Crippen LogP contribution in [0, 0.1) is 0 Å². The zero-order valence-electron chi connectivity index (χ0n) is 7.98. The van der Waals surface area contributed by atoms with Gasteiger partial charge in [0.1, 0.15) is 0 Å². The second kappa shape index (κ2) is 4.09. The minimum atomic E-state index is -2.82. The lowest BCUT2D eigenvalue weighted by molar-refractivity contribution is 0.602. The number of halogens is 1. The Morgan fingerprint density at radius 2 is 2.27 bits per heavy atom. The first kappa shape index (κ1) is 10.9. The standard InChI is InChI=1S/C9H11BrN2O2S/c10-7-3-9(5-11-4-7)12-8-1-2-15(13,14)6-8/h3-5,8,12H,1-2,6H2. The van der Waals surface area contributed by atoms with Gasteiger partial charge in [0.2, 0.25) is 0 Å². The first-order chi connectivity index (χ1) is 7.05. The van der Waals surface area contributed by atoms with E-state index in [1.807, 2.05) is 6.07 Å². The van der Waals surface area contributed by atoms with E-state index < -0.39 is 9.84 Å². The molecule has 4 nitrogen and oxygen atoms in total. The number of hydrogen-bond acceptors (Lipinski definition) is 4. The maximum absolute atomic E-state index is 11.2. The van der Waals surface area contributed by atoms with Crippen molar-refractivity contribution in [3.05, 3.63) is 22.9 Å². The van der Waals surface area contributed by atoms with Gasteiger partial charge in [0.25, 0.3) is 0 Å². The van der Waals surface area contributed by atoms with Crippen molar-refractivity contribution in [2.24, 2.45) is 0 Å². The molecule has 1 aliphatic rings. The molecule has 6 heteroatoms. The van der Waals surface area contributed by atoms with Crippen molar-refractivity contribution in [2.75, 3.05) is 16.8 Å². The van der Waals surface area contributed by atoms with Crippen LogP contribution in [-0.4, -0.2) is 30.9 Å². The van der Waals surface area contributed by atoms with E-state index in [1.54, 1.807) is 12.4 Å². The largest absolute Gasteiger partial charge is 0.380 e. The minimum absolute atomic E-state index is 0.0195. The second-order valence-electron chi connectivity index (χ2n) is 3.64. The summed E-state index contributed by atoms with van der Waals surface area (Å²) >= 11 is 3.31. The fourth-order valence-corrected chi connectivity index (χ4v) is 3.67. The summed E-state index contributed by atoms with van der Waals surface area (Å²) in [5.41, 5.74) is 0.853. The molecule has 0 amide bonds. The molecule has 0 spiro atoms. The van der Waals surface area contributed by atoms with Gasteiger partial charge in [-0.15, -0.1) is 0 Å². The Labute approximate surface area is 97.1 Å². The summed E-state index contributed by atoms with van der Waals surface area (Å²) in [4.78, 5) is 4.00. The number of nitrogens with one attached hydrogen (secondary N) is 1. The Morgan fingerprint density at radius 1 is 1.47 bits per heavy atom. The van der Waals surface area contributed by atoms with Crippen LogP contribution in [0.2, 0.25) is 0 Å². The van der Waals surface area contributed by atoms with E-state index in [9.17, 15) is 8.42 Å². The Balaban J connectivity index is 2.05. The van der Waals surface area contributed by atoms with Gasteiger partial charge in [-0.3, -0.25) is 4.98 Å². The molecule has 0 radical (unpaired) electrons. The number of aromatic nitrogens is 1. The van der Waals surface area contributed by atoms with Gasteiger partial charge in [-0.25, -0.2) is 8.42 Å². The van der Waals surface area contributed by atoms with Crippen LogP contribution in [0.5, 0.6) is 0 Å². The van der Waals surface area contributed by atoms with Crippen LogP contribution in [0.1, 0.15) is 6.42 Å². The average molecular weight is 291 g/mol. The Bertz CT molecular complexity index is 461. The van der Waals surface area contributed by atoms with Crippen LogP contribution < -0.4 is 5.32 Å². The van der Waals surface area contributed by atoms with E-state index in [-0.39, 0.29) is 17.5 Å². The molecule has 0 saturated carbocycles. The summed E-state index contributed by atoms with van der Waals surface area (Å²) < 4.78 is 23.3. The van der Waals surface area contributed by atoms with Crippen molar-refractivity contribution in [3.63, 3.8) is 0 Å². The van der Waals surface area contributed by atoms with E-state index >= 15 is 0 Å². The average Bonchev–Trinajstić information content (AvgIpc) is 2.45. The Hall–Kier alpha value is -0.620. The monoisotopic (exact) mass is 290 g/mol. The van der Waals surface area contributed by atoms with Crippen LogP contribution in [0.25, 0.3) is 0 Å². The fourth-order valence-electron chi connectivity index (χ4n) is 1.64. The zero-order valence-corrected chi connectivity index (χ0v) is 10.4. The third-order valence-corrected chi connectivity index (χ3v) is 4.51. The summed E-state index contributed by atoms with van der Waals surface area (Å²) in [7, 11) is -2.82. The van der Waals surface area contributed by atoms with E-state index in [1.165, 1.54) is 0 Å². The third kappa shape index (κ3) is 2.92. The summed E-state index contributed by atoms with van der Waals surface area (Å²) in [5, 5.41) is 3.17. The van der Waals surface area contributed by atoms with Crippen molar-refractivity contribution in [1.29, 1.82) is 0 Å². The second-order valence-corrected chi connectivity index (χ2v) is 6.78. The first-order valence-corrected chi connectivity index (χ1v) is 7.24. The Kier molecular flexibility index (Phi) is 2.97. The van der Waals surface area contributed by atoms with Crippen molar-refractivity contribution >= 4 is 31.5 Å². The zero-order chi connectivity index (χ0) is 10.9. The number of sulfone groups is 1. The molecular formula is C9H11BrN2O2S. The predicted octanol–water partition coefficient (Wildman–Crippen LogP) is 1.44. The van der Waals surface area contributed by atoms with E-state index in [0.29, 0.717) is 6.42 Å². The van der Waals surface area contributed by atoms with Gasteiger partial charge in [-0.2, -0.15) is 0 Å². The van der Waals surface area contributed by atoms with Crippen LogP contribution in [0.3, 0.4) is 0 Å². The lowest BCUT2D eigenvalue weighted by Gasteiger charge is -2.11. The molecule has 1 aromatic rings. The number of pyridine rings is 1. The van der Waals surface area contributed by atoms with Crippen molar-refractivity contribution in [1.82, 2.24) is 4.98 Å². The van der Waals surface area contributed by atoms with E-state index in [4.69, 9.17) is 0 Å². The summed E-state index contributed by atoms with van der Waals surface area (Å²) in [6.07, 6.45) is 4.06. The lowest BCUT2D eigenvalue weighted by atomic mass is 10.2. The minimum Gasteiger partial charge on any atom is -0.380 e. The summed E-state index contributed by atoms with van der Waals surface area (Å²) in [5.74, 6) is 0.506. The number of hydrogen-bond donors (Lipinski definition) is 1. The molecule has 0 bridgehead atoms. The molecule has 82 valence electrons. The van der Waals surface area contributed by atoms with Crippen LogP contribution in [-0.2, 0) is 9.84 Å². The van der Waals surface area contributed by atoms with Gasteiger partial charge in [-0.05, 0) is 28.4 Å². The highest BCUT2D eigenvalue weighted by atomic mass is 79.9. The molecule has 2 rings (SSSR count). The van der Waals surface area contributed by atoms with Crippen LogP contribution in [0.15, 0.2) is 22.9 Å². The van der Waals surface area contributed by atoms with Gasteiger partial charge in [0, 0.05) is 16.7 Å². The van der Waals surface area contributed by atoms with Gasteiger partial charge in [0.05, 0.1) is 23.4 Å². The maximum Gasteiger partial charge on any atom is 0.152 e. The van der Waals surface area contributed by atoms with Crippen molar-refractivity contribution in [3.8, 4) is 0 Å². The van der Waals surface area contributed by atoms with Gasteiger partial charge >= 0.3 is 0 Å². The van der Waals surface area contributed by atoms with Crippen molar-refractivity contribution in [2.45, 2.75) is 12.5 Å². The summed E-state index contributed by atoms with van der Waals surface area (Å²) in [6.45, 7) is 0. The summed E-state index contributed by atoms with van der Waals surface area (Å²) in [6, 6.07) is 1.91. The molecule has 1 N–H and O–H groups in total. The molecule has 1 aromatic heterocycles. The topological polar surface area (TPSA) is 59.1 Å². The fraction of sp³-hybridized carbons (Fsp3) is 0.444. The van der Waals surface area contributed by atoms with E-state index in [0.717, 1.165) is 10.2 Å². The van der Waals surface area contributed by atoms with Crippen molar-refractivity contribution < 1.29 is 8.42 Å². The third-order valence-electron chi connectivity index (χ3n) is 2.31. The first-order valence-electron chi connectivity index (χ1n) is 4.63. The lowest BCUT2D eigenvalue weighted by Crippen LogP contribution is -2.20. The highest BCUT2D eigenvalue weighted by Gasteiger charge is 2.27. The maximum atomic E-state index is 11.2. The predicted molar refractivity (Wildman–Crippen MR) is 62.6 cm³/mol. The van der Waals surface area contributed by atoms with E-state index in [2.05, 4.69) is 26.2 Å². The number of nitrogens with zero attached hydrogens (tertiary/aromatic N) is 1. The number of anilines is 1. The molecule has 15 heavy (non-hydrogen) atoms. The molecule has 0 aliphatic carbocycles. The number of rotatable bonds is 2. The highest BCUT2D eigenvalue weighted by Crippen LogP contribution is 2.19. The SMILES string of the molecule is O=S1(=O)CCC(Nc2cncc(Br)c2)C1. The normalized spacial score (nSPS) is 23.9. The smallest absolute Gasteiger partial charge is 0.152 e. The van der Waals surface area contributed by atoms with Gasteiger partial charge < -0.3 is 5.32 Å². The highest BCUT2D eigenvalue weighted by molar-refractivity contribution is 9.10. The van der Waals surface area contributed by atoms with Gasteiger partial charge in [-0.1, -0.05) is 0 Å². The van der Waals surface area contributed by atoms with Crippen LogP contribution >= 0.6 is 15.9 Å². The molecule has 1 atom stereocenters. The molecule has 1 aliphatic heterocycles. The molecular weight excluding hydrogens is 280 g/mol. The molecule has 0 aromatic carbocycles. The quantitative estimate of drug-likeness (QED) is 0.896. The Morgan fingerprint density at radius 3 is 2.87 bits per heavy atom. The molecule has 1 saturated heterocycles. The van der Waals surface area contributed by atoms with Gasteiger partial charge in [0.15, 0.2) is 9.84 Å². The molecule has 1 unspecified atom stereocenters. The molecule has 2 heterocycles. The molecule has 1 fully saturated rings. The van der Waals surface area contributed by atoms with Crippen LogP contribution in [0.4, 0.5) is 5.69 Å².